The minimum Gasteiger partial charge on any atom is -0.364 e. The molecule has 0 saturated carbocycles. The van der Waals surface area contributed by atoms with Crippen LogP contribution in [-0.2, 0) is 5.41 Å². The zero-order chi connectivity index (χ0) is 12.8. The van der Waals surface area contributed by atoms with Crippen LogP contribution in [0.1, 0.15) is 32.3 Å². The zero-order valence-electron chi connectivity index (χ0n) is 11.1. The number of nitrogens with zero attached hydrogens (tertiary/aromatic N) is 1. The van der Waals surface area contributed by atoms with Gasteiger partial charge in [0.1, 0.15) is 0 Å². The molecule has 1 aromatic heterocycles. The molecule has 1 N–H and O–H groups in total. The van der Waals surface area contributed by atoms with Gasteiger partial charge in [-0.25, -0.2) is 0 Å². The normalized spacial score (nSPS) is 14.9. The molecule has 2 heteroatoms. The molecule has 0 amide bonds. The Balaban J connectivity index is 2.47. The van der Waals surface area contributed by atoms with Crippen LogP contribution >= 0.6 is 0 Å². The van der Waals surface area contributed by atoms with E-state index in [-0.39, 0.29) is 5.41 Å². The van der Waals surface area contributed by atoms with Crippen molar-refractivity contribution in [2.75, 3.05) is 0 Å². The van der Waals surface area contributed by atoms with E-state index >= 15 is 0 Å². The number of hydrogen-bond acceptors (Lipinski definition) is 2. The van der Waals surface area contributed by atoms with Gasteiger partial charge in [0.15, 0.2) is 0 Å². The third-order valence-corrected chi connectivity index (χ3v) is 3.76. The number of allylic oxidation sites excluding steroid dienone is 5. The average molecular weight is 240 g/mol. The van der Waals surface area contributed by atoms with Crippen LogP contribution in [0.5, 0.6) is 0 Å². The predicted molar refractivity (Wildman–Crippen MR) is 76.0 cm³/mol. The van der Waals surface area contributed by atoms with Crippen LogP contribution in [-0.4, -0.2) is 4.98 Å². The van der Waals surface area contributed by atoms with E-state index in [1.54, 1.807) is 0 Å². The van der Waals surface area contributed by atoms with Crippen LogP contribution in [0.15, 0.2) is 60.7 Å². The Hall–Kier alpha value is -1.83. The van der Waals surface area contributed by atoms with Crippen molar-refractivity contribution < 1.29 is 0 Å². The fourth-order valence-corrected chi connectivity index (χ4v) is 2.60. The molecular weight excluding hydrogens is 220 g/mol. The van der Waals surface area contributed by atoms with Crippen molar-refractivity contribution in [1.82, 2.24) is 10.3 Å². The van der Waals surface area contributed by atoms with Gasteiger partial charge in [-0.05, 0) is 36.6 Å². The second-order valence-electron chi connectivity index (χ2n) is 4.50. The van der Waals surface area contributed by atoms with Gasteiger partial charge in [-0.1, -0.05) is 32.1 Å². The Morgan fingerprint density at radius 2 is 2.00 bits per heavy atom. The van der Waals surface area contributed by atoms with E-state index in [0.717, 1.165) is 12.8 Å². The lowest BCUT2D eigenvalue weighted by Crippen LogP contribution is -2.33. The lowest BCUT2D eigenvalue weighted by atomic mass is 9.73. The molecule has 1 aromatic rings. The second kappa shape index (κ2) is 5.67. The molecule has 0 atom stereocenters. The number of rotatable bonds is 4. The van der Waals surface area contributed by atoms with E-state index in [4.69, 9.17) is 0 Å². The van der Waals surface area contributed by atoms with Crippen molar-refractivity contribution >= 4 is 0 Å². The maximum Gasteiger partial charge on any atom is 0.0363 e. The lowest BCUT2D eigenvalue weighted by molar-refractivity contribution is 0.447. The molecule has 2 nitrogen and oxygen atoms in total. The van der Waals surface area contributed by atoms with Crippen molar-refractivity contribution in [3.05, 3.63) is 66.3 Å². The van der Waals surface area contributed by atoms with E-state index in [9.17, 15) is 0 Å². The van der Waals surface area contributed by atoms with E-state index < -0.39 is 0 Å². The summed E-state index contributed by atoms with van der Waals surface area (Å²) < 4.78 is 0. The summed E-state index contributed by atoms with van der Waals surface area (Å²) in [5, 5.41) is 3.41. The number of pyridine rings is 1. The van der Waals surface area contributed by atoms with Crippen LogP contribution in [0.25, 0.3) is 0 Å². The summed E-state index contributed by atoms with van der Waals surface area (Å²) in [6.45, 7) is 4.47. The van der Waals surface area contributed by atoms with Crippen LogP contribution in [0, 0.1) is 0 Å². The molecule has 0 saturated heterocycles. The fraction of sp³-hybridized carbons (Fsp3) is 0.312. The molecule has 0 spiro atoms. The van der Waals surface area contributed by atoms with Gasteiger partial charge in [0.25, 0.3) is 0 Å². The Morgan fingerprint density at radius 3 is 2.67 bits per heavy atom. The van der Waals surface area contributed by atoms with Gasteiger partial charge in [-0.3, -0.25) is 4.98 Å². The minimum atomic E-state index is 0.0211. The van der Waals surface area contributed by atoms with Crippen LogP contribution < -0.4 is 5.32 Å². The molecule has 0 aromatic carbocycles. The third-order valence-electron chi connectivity index (χ3n) is 3.76. The number of hydrogen-bond donors (Lipinski definition) is 1. The molecular formula is C16H20N2. The minimum absolute atomic E-state index is 0.0211. The first-order valence-corrected chi connectivity index (χ1v) is 6.54. The Labute approximate surface area is 109 Å². The molecule has 0 radical (unpaired) electrons. The zero-order valence-corrected chi connectivity index (χ0v) is 11.1. The molecule has 1 aliphatic heterocycles. The highest BCUT2D eigenvalue weighted by molar-refractivity contribution is 5.37. The summed E-state index contributed by atoms with van der Waals surface area (Å²) >= 11 is 0. The van der Waals surface area contributed by atoms with Gasteiger partial charge in [0.2, 0.25) is 0 Å². The summed E-state index contributed by atoms with van der Waals surface area (Å²) in [4.78, 5) is 4.27. The van der Waals surface area contributed by atoms with Crippen molar-refractivity contribution in [3.8, 4) is 0 Å². The lowest BCUT2D eigenvalue weighted by Gasteiger charge is -2.34. The Kier molecular flexibility index (Phi) is 3.98. The van der Waals surface area contributed by atoms with Gasteiger partial charge in [0, 0.05) is 29.7 Å². The largest absolute Gasteiger partial charge is 0.364 e. The van der Waals surface area contributed by atoms with Crippen molar-refractivity contribution in [2.45, 2.75) is 32.1 Å². The van der Waals surface area contributed by atoms with Gasteiger partial charge in [-0.15, -0.1) is 0 Å². The molecule has 0 bridgehead atoms. The predicted octanol–water partition coefficient (Wildman–Crippen LogP) is 3.70. The highest BCUT2D eigenvalue weighted by Crippen LogP contribution is 2.37. The van der Waals surface area contributed by atoms with Crippen LogP contribution in [0.2, 0.25) is 0 Å². The summed E-state index contributed by atoms with van der Waals surface area (Å²) in [5.41, 5.74) is 2.54. The quantitative estimate of drug-likeness (QED) is 0.868. The average Bonchev–Trinajstić information content (AvgIpc) is 2.72. The van der Waals surface area contributed by atoms with Gasteiger partial charge in [-0.2, -0.15) is 0 Å². The highest BCUT2D eigenvalue weighted by atomic mass is 14.9. The molecule has 0 aliphatic carbocycles. The Morgan fingerprint density at radius 1 is 1.17 bits per heavy atom. The van der Waals surface area contributed by atoms with Gasteiger partial charge < -0.3 is 5.32 Å². The number of nitrogens with one attached hydrogen (secondary N) is 1. The number of aromatic nitrogens is 1. The topological polar surface area (TPSA) is 24.9 Å². The van der Waals surface area contributed by atoms with Crippen LogP contribution in [0.3, 0.4) is 0 Å². The van der Waals surface area contributed by atoms with Crippen molar-refractivity contribution in [2.24, 2.45) is 0 Å². The second-order valence-corrected chi connectivity index (χ2v) is 4.50. The maximum atomic E-state index is 4.27. The first-order valence-electron chi connectivity index (χ1n) is 6.54. The van der Waals surface area contributed by atoms with E-state index in [1.165, 1.54) is 11.3 Å². The molecule has 0 fully saturated rings. The molecule has 18 heavy (non-hydrogen) atoms. The molecule has 94 valence electrons. The van der Waals surface area contributed by atoms with Crippen molar-refractivity contribution in [1.29, 1.82) is 0 Å². The van der Waals surface area contributed by atoms with E-state index in [1.807, 2.05) is 36.8 Å². The molecule has 0 unspecified atom stereocenters. The fourth-order valence-electron chi connectivity index (χ4n) is 2.60. The Bertz CT molecular complexity index is 465. The summed E-state index contributed by atoms with van der Waals surface area (Å²) in [5.74, 6) is 0. The standard InChI is InChI=1S/C16H20N2/c1-3-16(4-2,14-9-8-11-17-13-14)15-10-6-5-7-12-18-15/h5-13,18H,3-4H2,1-2H3. The van der Waals surface area contributed by atoms with Crippen LogP contribution in [0.4, 0.5) is 0 Å². The molecule has 2 heterocycles. The SMILES string of the molecule is CCC(CC)(C1=CC=CC=CN1)c1cccnc1. The third kappa shape index (κ3) is 2.23. The van der Waals surface area contributed by atoms with Crippen molar-refractivity contribution in [3.63, 3.8) is 0 Å². The van der Waals surface area contributed by atoms with E-state index in [2.05, 4.69) is 42.4 Å². The summed E-state index contributed by atoms with van der Waals surface area (Å²) in [6, 6.07) is 4.18. The van der Waals surface area contributed by atoms with Gasteiger partial charge in [0.05, 0.1) is 0 Å². The van der Waals surface area contributed by atoms with E-state index in [0.29, 0.717) is 0 Å². The first-order chi connectivity index (χ1) is 8.83. The smallest absolute Gasteiger partial charge is 0.0363 e. The highest BCUT2D eigenvalue weighted by Gasteiger charge is 2.32. The van der Waals surface area contributed by atoms with Gasteiger partial charge >= 0.3 is 0 Å². The molecule has 1 aliphatic rings. The molecule has 2 rings (SSSR count). The summed E-state index contributed by atoms with van der Waals surface area (Å²) in [6.07, 6.45) is 16.2. The maximum absolute atomic E-state index is 4.27. The first kappa shape index (κ1) is 12.6. The monoisotopic (exact) mass is 240 g/mol. The summed E-state index contributed by atoms with van der Waals surface area (Å²) in [7, 11) is 0.